The van der Waals surface area contributed by atoms with E-state index in [0.717, 1.165) is 4.90 Å². The number of nitrogens with zero attached hydrogens (tertiary/aromatic N) is 3. The summed E-state index contributed by atoms with van der Waals surface area (Å²) in [5, 5.41) is 3.22. The molecule has 0 aromatic heterocycles. The quantitative estimate of drug-likeness (QED) is 0.748. The van der Waals surface area contributed by atoms with Gasteiger partial charge in [-0.15, -0.1) is 0 Å². The molecular formula is C19H23ClN4O5. The number of urea groups is 1. The highest BCUT2D eigenvalue weighted by Gasteiger charge is 2.50. The lowest BCUT2D eigenvalue weighted by molar-refractivity contribution is -0.137. The van der Waals surface area contributed by atoms with E-state index in [2.05, 4.69) is 5.32 Å². The molecule has 0 aliphatic carbocycles. The van der Waals surface area contributed by atoms with E-state index >= 15 is 0 Å². The number of carbonyl (C=O) groups is 3. The standard InChI is InChI=1S/C19H23ClN4O5/c1-22-17-12(18(26)23(2)19(22)27)10-14(24(17)7-8-28-3)16(25)21-13-9-11(20)5-6-15(13)29-4/h5-6,9-10,12,17H,7-8H2,1-4H3,(H,21,25). The second-order valence-corrected chi connectivity index (χ2v) is 7.20. The van der Waals surface area contributed by atoms with Crippen LogP contribution in [0.4, 0.5) is 10.5 Å². The smallest absolute Gasteiger partial charge is 0.327 e. The van der Waals surface area contributed by atoms with Gasteiger partial charge in [-0.1, -0.05) is 11.6 Å². The number of benzene rings is 1. The van der Waals surface area contributed by atoms with Gasteiger partial charge in [0.2, 0.25) is 5.91 Å². The molecule has 1 saturated heterocycles. The van der Waals surface area contributed by atoms with Gasteiger partial charge in [0.25, 0.3) is 5.91 Å². The molecule has 9 nitrogen and oxygen atoms in total. The molecule has 1 aromatic carbocycles. The SMILES string of the molecule is COCCN1C(C(=O)Nc2cc(Cl)ccc2OC)=CC2C(=O)N(C)C(=O)N(C)C21. The average molecular weight is 423 g/mol. The normalized spacial score (nSPS) is 21.3. The highest BCUT2D eigenvalue weighted by molar-refractivity contribution is 6.31. The summed E-state index contributed by atoms with van der Waals surface area (Å²) < 4.78 is 10.4. The van der Waals surface area contributed by atoms with Gasteiger partial charge in [0.15, 0.2) is 0 Å². The van der Waals surface area contributed by atoms with E-state index in [1.165, 1.54) is 19.1 Å². The van der Waals surface area contributed by atoms with Crippen LogP contribution in [0.1, 0.15) is 0 Å². The van der Waals surface area contributed by atoms with Gasteiger partial charge in [0.1, 0.15) is 17.6 Å². The van der Waals surface area contributed by atoms with Crippen molar-refractivity contribution in [2.24, 2.45) is 5.92 Å². The van der Waals surface area contributed by atoms with Crippen LogP contribution in [0.3, 0.4) is 0 Å². The minimum Gasteiger partial charge on any atom is -0.495 e. The van der Waals surface area contributed by atoms with E-state index in [0.29, 0.717) is 29.6 Å². The molecule has 4 amide bonds. The Morgan fingerprint density at radius 1 is 1.24 bits per heavy atom. The minimum absolute atomic E-state index is 0.280. The summed E-state index contributed by atoms with van der Waals surface area (Å²) in [4.78, 5) is 42.4. The Balaban J connectivity index is 1.93. The molecule has 2 unspecified atom stereocenters. The molecule has 3 rings (SSSR count). The Labute approximate surface area is 173 Å². The summed E-state index contributed by atoms with van der Waals surface area (Å²) in [5.41, 5.74) is 0.683. The number of anilines is 1. The van der Waals surface area contributed by atoms with E-state index in [-0.39, 0.29) is 11.6 Å². The average Bonchev–Trinajstić information content (AvgIpc) is 3.09. The van der Waals surface area contributed by atoms with Crippen LogP contribution < -0.4 is 10.1 Å². The fourth-order valence-electron chi connectivity index (χ4n) is 3.62. The summed E-state index contributed by atoms with van der Waals surface area (Å²) in [7, 11) is 6.07. The van der Waals surface area contributed by atoms with Crippen LogP contribution in [0, 0.1) is 5.92 Å². The summed E-state index contributed by atoms with van der Waals surface area (Å²) >= 11 is 6.04. The lowest BCUT2D eigenvalue weighted by Gasteiger charge is -2.43. The second kappa shape index (κ2) is 8.30. The number of imide groups is 1. The molecule has 0 spiro atoms. The Kier molecular flexibility index (Phi) is 5.99. The molecule has 29 heavy (non-hydrogen) atoms. The second-order valence-electron chi connectivity index (χ2n) is 6.77. The van der Waals surface area contributed by atoms with Crippen LogP contribution >= 0.6 is 11.6 Å². The predicted molar refractivity (Wildman–Crippen MR) is 107 cm³/mol. The number of hydrogen-bond acceptors (Lipinski definition) is 6. The molecule has 1 fully saturated rings. The van der Waals surface area contributed by atoms with Crippen LogP contribution in [0.2, 0.25) is 5.02 Å². The Hall–Kier alpha value is -2.78. The van der Waals surface area contributed by atoms with Gasteiger partial charge in [-0.25, -0.2) is 4.79 Å². The van der Waals surface area contributed by atoms with Gasteiger partial charge in [-0.05, 0) is 24.3 Å². The lowest BCUT2D eigenvalue weighted by atomic mass is 10.0. The van der Waals surface area contributed by atoms with E-state index < -0.39 is 24.0 Å². The van der Waals surface area contributed by atoms with Crippen molar-refractivity contribution < 1.29 is 23.9 Å². The van der Waals surface area contributed by atoms with Gasteiger partial charge < -0.3 is 24.6 Å². The van der Waals surface area contributed by atoms with Gasteiger partial charge in [0.05, 0.1) is 25.3 Å². The largest absolute Gasteiger partial charge is 0.495 e. The number of rotatable bonds is 6. The van der Waals surface area contributed by atoms with E-state index in [1.807, 2.05) is 0 Å². The number of fused-ring (bicyclic) bond motifs is 1. The van der Waals surface area contributed by atoms with E-state index in [4.69, 9.17) is 21.1 Å². The third-order valence-electron chi connectivity index (χ3n) is 5.07. The first-order chi connectivity index (χ1) is 13.8. The molecule has 0 saturated carbocycles. The molecular weight excluding hydrogens is 400 g/mol. The summed E-state index contributed by atoms with van der Waals surface area (Å²) in [6.07, 6.45) is 0.998. The highest BCUT2D eigenvalue weighted by atomic mass is 35.5. The number of amides is 4. The van der Waals surface area contributed by atoms with Crippen LogP contribution in [0.15, 0.2) is 30.0 Å². The van der Waals surface area contributed by atoms with Gasteiger partial charge in [-0.2, -0.15) is 0 Å². The topological polar surface area (TPSA) is 91.4 Å². The molecule has 0 bridgehead atoms. The van der Waals surface area contributed by atoms with E-state index in [1.54, 1.807) is 43.3 Å². The molecule has 2 heterocycles. The van der Waals surface area contributed by atoms with Crippen molar-refractivity contribution in [1.29, 1.82) is 0 Å². The summed E-state index contributed by atoms with van der Waals surface area (Å²) in [6, 6.07) is 4.45. The minimum atomic E-state index is -0.651. The molecule has 0 radical (unpaired) electrons. The first kappa shape index (κ1) is 20.9. The van der Waals surface area contributed by atoms with Crippen LogP contribution in [0.25, 0.3) is 0 Å². The number of hydrogen-bond donors (Lipinski definition) is 1. The molecule has 2 aliphatic heterocycles. The first-order valence-electron chi connectivity index (χ1n) is 8.96. The van der Waals surface area contributed by atoms with Gasteiger partial charge in [0, 0.05) is 32.8 Å². The molecule has 156 valence electrons. The van der Waals surface area contributed by atoms with E-state index in [9.17, 15) is 14.4 Å². The zero-order chi connectivity index (χ0) is 21.3. The van der Waals surface area contributed by atoms with Crippen LogP contribution in [0.5, 0.6) is 5.75 Å². The molecule has 2 aliphatic rings. The van der Waals surface area contributed by atoms with Crippen molar-refractivity contribution in [3.05, 3.63) is 35.0 Å². The maximum atomic E-state index is 13.1. The number of nitrogens with one attached hydrogen (secondary N) is 1. The Morgan fingerprint density at radius 3 is 2.62 bits per heavy atom. The molecule has 1 aromatic rings. The molecule has 1 N–H and O–H groups in total. The number of halogens is 1. The van der Waals surface area contributed by atoms with Crippen LogP contribution in [-0.2, 0) is 14.3 Å². The fourth-order valence-corrected chi connectivity index (χ4v) is 3.79. The monoisotopic (exact) mass is 422 g/mol. The van der Waals surface area contributed by atoms with Crippen molar-refractivity contribution >= 4 is 35.1 Å². The van der Waals surface area contributed by atoms with Crippen molar-refractivity contribution in [2.45, 2.75) is 6.17 Å². The molecule has 2 atom stereocenters. The summed E-state index contributed by atoms with van der Waals surface area (Å²) in [6.45, 7) is 0.651. The molecule has 10 heteroatoms. The lowest BCUT2D eigenvalue weighted by Crippen LogP contribution is -2.62. The number of carbonyl (C=O) groups excluding carboxylic acids is 3. The fraction of sp³-hybridized carbons (Fsp3) is 0.421. The maximum Gasteiger partial charge on any atom is 0.327 e. The van der Waals surface area contributed by atoms with Gasteiger partial charge >= 0.3 is 6.03 Å². The van der Waals surface area contributed by atoms with Crippen molar-refractivity contribution in [1.82, 2.24) is 14.7 Å². The van der Waals surface area contributed by atoms with Crippen molar-refractivity contribution in [3.8, 4) is 5.75 Å². The number of methoxy groups -OCH3 is 2. The zero-order valence-corrected chi connectivity index (χ0v) is 17.4. The third-order valence-corrected chi connectivity index (χ3v) is 5.30. The maximum absolute atomic E-state index is 13.1. The Bertz CT molecular complexity index is 874. The van der Waals surface area contributed by atoms with Crippen molar-refractivity contribution in [2.75, 3.05) is 46.8 Å². The third kappa shape index (κ3) is 3.75. The first-order valence-corrected chi connectivity index (χ1v) is 9.34. The highest BCUT2D eigenvalue weighted by Crippen LogP contribution is 2.35. The zero-order valence-electron chi connectivity index (χ0n) is 16.6. The van der Waals surface area contributed by atoms with Gasteiger partial charge in [-0.3, -0.25) is 14.5 Å². The predicted octanol–water partition coefficient (Wildman–Crippen LogP) is 1.60. The van der Waals surface area contributed by atoms with Crippen LogP contribution in [-0.4, -0.2) is 80.2 Å². The summed E-state index contributed by atoms with van der Waals surface area (Å²) in [5.74, 6) is -0.997. The van der Waals surface area contributed by atoms with Crippen molar-refractivity contribution in [3.63, 3.8) is 0 Å². The number of ether oxygens (including phenoxy) is 2. The Morgan fingerprint density at radius 2 is 1.97 bits per heavy atom.